The van der Waals surface area contributed by atoms with Crippen LogP contribution in [0.15, 0.2) is 16.8 Å². The summed E-state index contributed by atoms with van der Waals surface area (Å²) in [7, 11) is 0. The van der Waals surface area contributed by atoms with Crippen LogP contribution in [-0.2, 0) is 4.79 Å². The lowest BCUT2D eigenvalue weighted by atomic mass is 10.2. The molecule has 2 heterocycles. The van der Waals surface area contributed by atoms with Crippen LogP contribution in [0.4, 0.5) is 0 Å². The molecule has 17 heavy (non-hydrogen) atoms. The van der Waals surface area contributed by atoms with E-state index in [1.807, 2.05) is 4.90 Å². The molecule has 0 bridgehead atoms. The highest BCUT2D eigenvalue weighted by molar-refractivity contribution is 7.07. The zero-order valence-corrected chi connectivity index (χ0v) is 10.9. The minimum Gasteiger partial charge on any atom is -0.321 e. The fraction of sp³-hybridized carbons (Fsp3) is 0.615. The predicted octanol–water partition coefficient (Wildman–Crippen LogP) is 2.51. The van der Waals surface area contributed by atoms with Crippen molar-refractivity contribution in [1.82, 2.24) is 10.2 Å². The number of carbonyl (C=O) groups excluding carboxylic acids is 1. The third-order valence-electron chi connectivity index (χ3n) is 3.76. The summed E-state index contributed by atoms with van der Waals surface area (Å²) in [6.45, 7) is 3.05. The van der Waals surface area contributed by atoms with Crippen LogP contribution in [0.5, 0.6) is 0 Å². The summed E-state index contributed by atoms with van der Waals surface area (Å²) in [4.78, 5) is 14.4. The molecule has 4 heteroatoms. The largest absolute Gasteiger partial charge is 0.321 e. The minimum atomic E-state index is -0.194. The van der Waals surface area contributed by atoms with E-state index in [-0.39, 0.29) is 11.7 Å². The summed E-state index contributed by atoms with van der Waals surface area (Å²) in [6.07, 6.45) is 4.35. The second kappa shape index (κ2) is 4.10. The first-order chi connectivity index (χ1) is 8.27. The normalized spacial score (nSPS) is 25.8. The number of hydrogen-bond donors (Lipinski definition) is 1. The Morgan fingerprint density at radius 3 is 3.00 bits per heavy atom. The average Bonchev–Trinajstić information content (AvgIpc) is 2.82. The number of nitrogens with zero attached hydrogens (tertiary/aromatic N) is 1. The lowest BCUT2D eigenvalue weighted by molar-refractivity contribution is -0.130. The Balaban J connectivity index is 1.83. The summed E-state index contributed by atoms with van der Waals surface area (Å²) in [6, 6.07) is 2.12. The number of carbonyl (C=O) groups is 1. The molecule has 1 unspecified atom stereocenters. The van der Waals surface area contributed by atoms with E-state index in [4.69, 9.17) is 0 Å². The predicted molar refractivity (Wildman–Crippen MR) is 68.8 cm³/mol. The van der Waals surface area contributed by atoms with Crippen molar-refractivity contribution in [2.75, 3.05) is 6.54 Å². The van der Waals surface area contributed by atoms with Gasteiger partial charge in [0.2, 0.25) is 5.91 Å². The fourth-order valence-electron chi connectivity index (χ4n) is 2.53. The van der Waals surface area contributed by atoms with Gasteiger partial charge >= 0.3 is 0 Å². The van der Waals surface area contributed by atoms with Gasteiger partial charge in [0, 0.05) is 6.54 Å². The number of rotatable bonds is 4. The summed E-state index contributed by atoms with van der Waals surface area (Å²) >= 11 is 1.70. The Bertz CT molecular complexity index is 411. The molecule has 0 aromatic carbocycles. The number of hydrogen-bond acceptors (Lipinski definition) is 3. The molecule has 92 valence electrons. The maximum atomic E-state index is 12.4. The third kappa shape index (κ3) is 1.79. The lowest BCUT2D eigenvalue weighted by Crippen LogP contribution is -2.32. The maximum Gasteiger partial charge on any atom is 0.244 e. The third-order valence-corrected chi connectivity index (χ3v) is 4.46. The molecule has 2 fully saturated rings. The molecule has 3 rings (SSSR count). The van der Waals surface area contributed by atoms with Crippen LogP contribution in [0.1, 0.15) is 44.3 Å². The van der Waals surface area contributed by atoms with Crippen molar-refractivity contribution in [1.29, 1.82) is 0 Å². The molecule has 1 aromatic heterocycles. The Labute approximate surface area is 106 Å². The van der Waals surface area contributed by atoms with E-state index in [0.717, 1.165) is 32.2 Å². The van der Waals surface area contributed by atoms with Crippen LogP contribution in [0, 0.1) is 0 Å². The molecule has 1 aromatic rings. The standard InChI is InChI=1S/C13H18N2OS/c1-2-3-7-15-11(10-4-8-17-9-10)14-13(5-6-13)12(15)16/h4,8-9,11,14H,2-3,5-7H2,1H3. The molecule has 1 aliphatic carbocycles. The second-order valence-electron chi connectivity index (χ2n) is 5.04. The molecule has 1 spiro atoms. The van der Waals surface area contributed by atoms with Gasteiger partial charge in [-0.25, -0.2) is 0 Å². The van der Waals surface area contributed by atoms with Gasteiger partial charge in [-0.15, -0.1) is 0 Å². The number of thiophene rings is 1. The fourth-order valence-corrected chi connectivity index (χ4v) is 3.21. The van der Waals surface area contributed by atoms with Crippen LogP contribution < -0.4 is 5.32 Å². The zero-order chi connectivity index (χ0) is 11.9. The first-order valence-corrected chi connectivity index (χ1v) is 7.32. The summed E-state index contributed by atoms with van der Waals surface area (Å²) in [5, 5.41) is 7.76. The smallest absolute Gasteiger partial charge is 0.244 e. The zero-order valence-electron chi connectivity index (χ0n) is 10.1. The number of amides is 1. The number of unbranched alkanes of at least 4 members (excludes halogenated alkanes) is 1. The number of nitrogens with one attached hydrogen (secondary N) is 1. The van der Waals surface area contributed by atoms with Crippen molar-refractivity contribution in [2.45, 2.75) is 44.3 Å². The van der Waals surface area contributed by atoms with Gasteiger partial charge in [-0.3, -0.25) is 10.1 Å². The van der Waals surface area contributed by atoms with Gasteiger partial charge in [0.1, 0.15) is 11.7 Å². The van der Waals surface area contributed by atoms with Crippen molar-refractivity contribution in [3.63, 3.8) is 0 Å². The van der Waals surface area contributed by atoms with Crippen molar-refractivity contribution in [3.05, 3.63) is 22.4 Å². The van der Waals surface area contributed by atoms with Gasteiger partial charge in [0.15, 0.2) is 0 Å². The van der Waals surface area contributed by atoms with E-state index in [0.29, 0.717) is 5.91 Å². The van der Waals surface area contributed by atoms with E-state index in [1.165, 1.54) is 5.56 Å². The van der Waals surface area contributed by atoms with Crippen LogP contribution in [-0.4, -0.2) is 22.9 Å². The van der Waals surface area contributed by atoms with E-state index < -0.39 is 0 Å². The van der Waals surface area contributed by atoms with Gasteiger partial charge < -0.3 is 4.90 Å². The monoisotopic (exact) mass is 250 g/mol. The Morgan fingerprint density at radius 2 is 2.41 bits per heavy atom. The molecular weight excluding hydrogens is 232 g/mol. The van der Waals surface area contributed by atoms with E-state index in [2.05, 4.69) is 29.1 Å². The Hall–Kier alpha value is -0.870. The molecule has 1 N–H and O–H groups in total. The quantitative estimate of drug-likeness (QED) is 0.890. The molecule has 2 aliphatic rings. The Kier molecular flexibility index (Phi) is 2.71. The van der Waals surface area contributed by atoms with E-state index in [1.54, 1.807) is 11.3 Å². The molecule has 1 saturated heterocycles. The van der Waals surface area contributed by atoms with Crippen molar-refractivity contribution < 1.29 is 4.79 Å². The minimum absolute atomic E-state index is 0.114. The highest BCUT2D eigenvalue weighted by Crippen LogP contribution is 2.46. The van der Waals surface area contributed by atoms with Crippen LogP contribution >= 0.6 is 11.3 Å². The molecule has 0 radical (unpaired) electrons. The lowest BCUT2D eigenvalue weighted by Gasteiger charge is -2.23. The van der Waals surface area contributed by atoms with Crippen molar-refractivity contribution >= 4 is 17.2 Å². The summed E-state index contributed by atoms with van der Waals surface area (Å²) < 4.78 is 0. The van der Waals surface area contributed by atoms with E-state index >= 15 is 0 Å². The van der Waals surface area contributed by atoms with Gasteiger partial charge in [0.25, 0.3) is 0 Å². The molecule has 3 nitrogen and oxygen atoms in total. The van der Waals surface area contributed by atoms with Crippen LogP contribution in [0.3, 0.4) is 0 Å². The molecule has 1 amide bonds. The molecule has 1 saturated carbocycles. The Morgan fingerprint density at radius 1 is 1.59 bits per heavy atom. The van der Waals surface area contributed by atoms with Crippen molar-refractivity contribution in [2.24, 2.45) is 0 Å². The topological polar surface area (TPSA) is 32.3 Å². The van der Waals surface area contributed by atoms with Crippen molar-refractivity contribution in [3.8, 4) is 0 Å². The average molecular weight is 250 g/mol. The summed E-state index contributed by atoms with van der Waals surface area (Å²) in [5.74, 6) is 0.321. The van der Waals surface area contributed by atoms with Crippen LogP contribution in [0.2, 0.25) is 0 Å². The highest BCUT2D eigenvalue weighted by Gasteiger charge is 2.59. The molecular formula is C13H18N2OS. The van der Waals surface area contributed by atoms with Gasteiger partial charge in [-0.2, -0.15) is 11.3 Å². The molecule has 1 atom stereocenters. The first kappa shape index (κ1) is 11.2. The van der Waals surface area contributed by atoms with E-state index in [9.17, 15) is 4.79 Å². The van der Waals surface area contributed by atoms with Gasteiger partial charge in [-0.05, 0) is 41.7 Å². The van der Waals surface area contributed by atoms with Crippen LogP contribution in [0.25, 0.3) is 0 Å². The summed E-state index contributed by atoms with van der Waals surface area (Å²) in [5.41, 5.74) is 1.04. The SMILES string of the molecule is CCCCN1C(=O)C2(CC2)NC1c1ccsc1. The van der Waals surface area contributed by atoms with Gasteiger partial charge in [0.05, 0.1) is 0 Å². The maximum absolute atomic E-state index is 12.4. The first-order valence-electron chi connectivity index (χ1n) is 6.38. The second-order valence-corrected chi connectivity index (χ2v) is 5.82. The van der Waals surface area contributed by atoms with Gasteiger partial charge in [-0.1, -0.05) is 13.3 Å². The molecule has 1 aliphatic heterocycles. The highest BCUT2D eigenvalue weighted by atomic mass is 32.1.